The Kier molecular flexibility index (Phi) is 14.2. The van der Waals surface area contributed by atoms with Gasteiger partial charge in [-0.3, -0.25) is 0 Å². The normalized spacial score (nSPS) is 14.5. The molecule has 3 nitrogen and oxygen atoms in total. The van der Waals surface area contributed by atoms with E-state index in [0.717, 1.165) is 0 Å². The molecule has 0 aromatic heterocycles. The van der Waals surface area contributed by atoms with Crippen molar-refractivity contribution in [3.8, 4) is 0 Å². The van der Waals surface area contributed by atoms with Gasteiger partial charge in [-0.1, -0.05) is 102 Å². The molecule has 192 valence electrons. The Balaban J connectivity index is 0.00000578. The van der Waals surface area contributed by atoms with E-state index in [1.807, 2.05) is 0 Å². The molecule has 0 amide bonds. The van der Waals surface area contributed by atoms with E-state index in [-0.39, 0.29) is 62.4 Å². The molecule has 2 radical (unpaired) electrons. The third-order valence-corrected chi connectivity index (χ3v) is 16.6. The van der Waals surface area contributed by atoms with Gasteiger partial charge < -0.3 is 26.0 Å². The van der Waals surface area contributed by atoms with Gasteiger partial charge in [-0.15, -0.1) is 0 Å². The van der Waals surface area contributed by atoms with E-state index in [1.165, 1.54) is 10.4 Å². The second-order valence-corrected chi connectivity index (χ2v) is 20.6. The molecule has 0 aliphatic heterocycles. The van der Waals surface area contributed by atoms with Gasteiger partial charge in [-0.2, -0.15) is 0 Å². The number of rotatable bonds is 10. The van der Waals surface area contributed by atoms with Gasteiger partial charge in [0.15, 0.2) is 8.32 Å². The summed E-state index contributed by atoms with van der Waals surface area (Å²) < 4.78 is 19.4. The first-order valence-electron chi connectivity index (χ1n) is 12.1. The average molecular weight is 722 g/mol. The Hall–Kier alpha value is -0.0212. The molecule has 0 bridgehead atoms. The van der Waals surface area contributed by atoms with Gasteiger partial charge in [0.1, 0.15) is 0 Å². The summed E-state index contributed by atoms with van der Waals surface area (Å²) in [5, 5.41) is 2.69. The predicted octanol–water partition coefficient (Wildman–Crippen LogP) is 3.19. The van der Waals surface area contributed by atoms with Crippen molar-refractivity contribution in [3.05, 3.63) is 67.1 Å². The van der Waals surface area contributed by atoms with Gasteiger partial charge in [0, 0.05) is 19.6 Å². The van der Waals surface area contributed by atoms with Gasteiger partial charge in [0.05, 0.1) is 12.7 Å². The van der Waals surface area contributed by atoms with Gasteiger partial charge in [-0.05, 0) is 40.5 Å². The molecule has 2 atom stereocenters. The van der Waals surface area contributed by atoms with Crippen LogP contribution in [0.1, 0.15) is 48.5 Å². The van der Waals surface area contributed by atoms with Crippen molar-refractivity contribution < 1.29 is 53.7 Å². The van der Waals surface area contributed by atoms with Crippen LogP contribution < -0.4 is 22.8 Å². The first-order valence-corrected chi connectivity index (χ1v) is 16.9. The number of halogens is 1. The maximum atomic E-state index is 7.17. The summed E-state index contributed by atoms with van der Waals surface area (Å²) in [6, 6.07) is 21.5. The van der Waals surface area contributed by atoms with Crippen LogP contribution in [0, 0.1) is 6.42 Å². The van der Waals surface area contributed by atoms with Gasteiger partial charge in [0.25, 0.3) is 8.32 Å². The van der Waals surface area contributed by atoms with Crippen LogP contribution in [0.3, 0.4) is 0 Å². The van der Waals surface area contributed by atoms with Crippen molar-refractivity contribution in [1.29, 1.82) is 0 Å². The minimum absolute atomic E-state index is 0. The van der Waals surface area contributed by atoms with Crippen LogP contribution in [-0.2, 0) is 41.3 Å². The molecule has 0 aliphatic rings. The van der Waals surface area contributed by atoms with Crippen LogP contribution in [0.15, 0.2) is 60.7 Å². The number of hydrogen-bond acceptors (Lipinski definition) is 3. The van der Waals surface area contributed by atoms with Crippen molar-refractivity contribution in [2.75, 3.05) is 13.7 Å². The first kappa shape index (κ1) is 35.0. The summed E-state index contributed by atoms with van der Waals surface area (Å²) in [4.78, 5) is 0. The molecule has 0 saturated carbocycles. The van der Waals surface area contributed by atoms with E-state index in [2.05, 4.69) is 129 Å². The van der Waals surface area contributed by atoms with Crippen LogP contribution in [0.5, 0.6) is 0 Å². The van der Waals surface area contributed by atoms with E-state index < -0.39 is 16.6 Å². The maximum absolute atomic E-state index is 7.17. The number of hydrogen-bond donors (Lipinski definition) is 0. The zero-order chi connectivity index (χ0) is 24.9. The fraction of sp³-hybridized carbons (Fsp3) is 0.536. The fourth-order valence-corrected chi connectivity index (χ4v) is 9.69. The molecule has 0 fully saturated rings. The van der Waals surface area contributed by atoms with E-state index in [0.29, 0.717) is 6.61 Å². The second kappa shape index (κ2) is 14.2. The van der Waals surface area contributed by atoms with Crippen LogP contribution >= 0.6 is 0 Å². The van der Waals surface area contributed by atoms with Crippen LogP contribution in [0.25, 0.3) is 0 Å². The second-order valence-electron chi connectivity index (χ2n) is 11.5. The molecule has 0 saturated heterocycles. The summed E-state index contributed by atoms with van der Waals surface area (Å²) in [6.45, 7) is 21.0. The van der Waals surface area contributed by atoms with Crippen LogP contribution in [-0.4, -0.2) is 42.6 Å². The predicted molar refractivity (Wildman–Crippen MR) is 146 cm³/mol. The van der Waals surface area contributed by atoms with E-state index in [1.54, 1.807) is 7.11 Å². The van der Waals surface area contributed by atoms with Crippen LogP contribution in [0.4, 0.5) is 0 Å². The number of benzene rings is 2. The fourth-order valence-electron chi connectivity index (χ4n) is 4.02. The standard InChI is InChI=1S/C28H45O3Si2.ClH.Hg/c1-23(21-24(29-8)22-30-32(9,10)27(2,3)4)31-33(28(5,6)7,25-17-13-11-14-18-25)26-19-15-12-16-20-26;;/h11-21,23-24H,22H2,1-10H3;1H;/q;;+1/p-1/t23-,24-;;/m0../s1. The minimum Gasteiger partial charge on any atom is -1.00 e. The van der Waals surface area contributed by atoms with Crippen molar-refractivity contribution in [3.63, 3.8) is 0 Å². The molecule has 2 aromatic rings. The molecular weight excluding hydrogens is 677 g/mol. The molecule has 0 N–H and O–H groups in total. The minimum atomic E-state index is -2.60. The molecule has 7 heteroatoms. The monoisotopic (exact) mass is 722 g/mol. The zero-order valence-corrected chi connectivity index (χ0v) is 31.8. The summed E-state index contributed by atoms with van der Waals surface area (Å²) >= 11 is 0. The van der Waals surface area contributed by atoms with Gasteiger partial charge >= 0.3 is 27.7 Å². The third-order valence-electron chi connectivity index (χ3n) is 6.98. The summed E-state index contributed by atoms with van der Waals surface area (Å²) in [6.07, 6.45) is 1.96. The first-order chi connectivity index (χ1) is 15.2. The van der Waals surface area contributed by atoms with E-state index in [9.17, 15) is 0 Å². The van der Waals surface area contributed by atoms with E-state index in [4.69, 9.17) is 13.6 Å². The molecule has 2 aromatic carbocycles. The maximum Gasteiger partial charge on any atom is 1.00 e. The average Bonchev–Trinajstić information content (AvgIpc) is 2.74. The van der Waals surface area contributed by atoms with Crippen molar-refractivity contribution in [2.24, 2.45) is 0 Å². The van der Waals surface area contributed by atoms with Crippen molar-refractivity contribution in [2.45, 2.75) is 83.8 Å². The van der Waals surface area contributed by atoms with Crippen LogP contribution in [0.2, 0.25) is 23.2 Å². The molecule has 0 heterocycles. The smallest absolute Gasteiger partial charge is 1.00 e. The quantitative estimate of drug-likeness (QED) is 0.354. The molecule has 2 rings (SSSR count). The molecular formula is C28H45ClHgO3Si2. The molecule has 0 unspecified atom stereocenters. The largest absolute Gasteiger partial charge is 1.00 e. The summed E-state index contributed by atoms with van der Waals surface area (Å²) in [5.74, 6) is 0. The molecule has 0 aliphatic carbocycles. The SMILES string of the molecule is CO[C@@H]([CH][C@H](C)O[Si](c1ccccc1)(c1ccccc1)C(C)(C)C)CO[Si](C)(C)C(C)(C)C.[Cl-].[Hg+]. The zero-order valence-electron chi connectivity index (χ0n) is 23.5. The Morgan fingerprint density at radius 2 is 1.23 bits per heavy atom. The van der Waals surface area contributed by atoms with Gasteiger partial charge in [-0.25, -0.2) is 0 Å². The topological polar surface area (TPSA) is 27.7 Å². The Morgan fingerprint density at radius 3 is 1.57 bits per heavy atom. The van der Waals surface area contributed by atoms with E-state index >= 15 is 0 Å². The Morgan fingerprint density at radius 1 is 0.800 bits per heavy atom. The van der Waals surface area contributed by atoms with Crippen molar-refractivity contribution in [1.82, 2.24) is 0 Å². The summed E-state index contributed by atoms with van der Waals surface area (Å²) in [5.41, 5.74) is 0. The number of methoxy groups -OCH3 is 1. The third kappa shape index (κ3) is 8.76. The van der Waals surface area contributed by atoms with Crippen molar-refractivity contribution >= 4 is 27.0 Å². The molecule has 0 spiro atoms. The number of ether oxygens (including phenoxy) is 1. The van der Waals surface area contributed by atoms with Gasteiger partial charge in [0.2, 0.25) is 0 Å². The Labute approximate surface area is 243 Å². The molecule has 35 heavy (non-hydrogen) atoms. The Bertz CT molecular complexity index is 813. The summed E-state index contributed by atoms with van der Waals surface area (Å²) in [7, 11) is -2.69.